The minimum atomic E-state index is 0.708. The predicted octanol–water partition coefficient (Wildman–Crippen LogP) is 4.54. The molecular formula is C17H11N5OS2. The first kappa shape index (κ1) is 14.5. The van der Waals surface area contributed by atoms with Crippen molar-refractivity contribution in [1.29, 1.82) is 0 Å². The van der Waals surface area contributed by atoms with Crippen molar-refractivity contribution in [3.05, 3.63) is 53.5 Å². The van der Waals surface area contributed by atoms with Gasteiger partial charge < -0.3 is 4.52 Å². The largest absolute Gasteiger partial charge is 0.356 e. The van der Waals surface area contributed by atoms with Crippen LogP contribution in [0.2, 0.25) is 0 Å². The Labute approximate surface area is 150 Å². The summed E-state index contributed by atoms with van der Waals surface area (Å²) in [6, 6.07) is 12.0. The van der Waals surface area contributed by atoms with E-state index in [1.165, 1.54) is 16.9 Å². The molecule has 0 amide bonds. The summed E-state index contributed by atoms with van der Waals surface area (Å²) in [4.78, 5) is 1.83. The van der Waals surface area contributed by atoms with Gasteiger partial charge in [0.15, 0.2) is 16.6 Å². The maximum atomic E-state index is 5.47. The van der Waals surface area contributed by atoms with Crippen LogP contribution in [0.1, 0.15) is 5.56 Å². The molecule has 0 radical (unpaired) electrons. The van der Waals surface area contributed by atoms with Gasteiger partial charge in [0.25, 0.3) is 0 Å². The Balaban J connectivity index is 1.65. The van der Waals surface area contributed by atoms with Crippen molar-refractivity contribution in [1.82, 2.24) is 25.0 Å². The van der Waals surface area contributed by atoms with Crippen LogP contribution in [0.3, 0.4) is 0 Å². The minimum Gasteiger partial charge on any atom is -0.356 e. The van der Waals surface area contributed by atoms with Gasteiger partial charge in [0.05, 0.1) is 16.6 Å². The summed E-state index contributed by atoms with van der Waals surface area (Å²) in [7, 11) is 0. The quantitative estimate of drug-likeness (QED) is 0.469. The molecular weight excluding hydrogens is 354 g/mol. The summed E-state index contributed by atoms with van der Waals surface area (Å²) >= 11 is 3.11. The van der Waals surface area contributed by atoms with E-state index in [-0.39, 0.29) is 0 Å². The zero-order chi connectivity index (χ0) is 16.8. The molecule has 5 aromatic rings. The second-order valence-electron chi connectivity index (χ2n) is 5.49. The van der Waals surface area contributed by atoms with Gasteiger partial charge in [0.2, 0.25) is 4.96 Å². The third kappa shape index (κ3) is 2.30. The fourth-order valence-electron chi connectivity index (χ4n) is 2.66. The molecule has 0 N–H and O–H groups in total. The average molecular weight is 365 g/mol. The highest BCUT2D eigenvalue weighted by Gasteiger charge is 2.20. The van der Waals surface area contributed by atoms with Gasteiger partial charge in [-0.3, -0.25) is 0 Å². The van der Waals surface area contributed by atoms with E-state index in [1.54, 1.807) is 22.0 Å². The molecule has 6 nitrogen and oxygen atoms in total. The van der Waals surface area contributed by atoms with E-state index in [0.29, 0.717) is 5.76 Å². The molecule has 25 heavy (non-hydrogen) atoms. The van der Waals surface area contributed by atoms with Crippen LogP contribution >= 0.6 is 22.7 Å². The second-order valence-corrected chi connectivity index (χ2v) is 7.36. The zero-order valence-electron chi connectivity index (χ0n) is 13.1. The number of rotatable bonds is 3. The average Bonchev–Trinajstić information content (AvgIpc) is 3.38. The van der Waals surface area contributed by atoms with Crippen molar-refractivity contribution >= 4 is 27.6 Å². The predicted molar refractivity (Wildman–Crippen MR) is 97.6 cm³/mol. The van der Waals surface area contributed by atoms with Crippen LogP contribution in [0.4, 0.5) is 0 Å². The van der Waals surface area contributed by atoms with Gasteiger partial charge in [-0.25, -0.2) is 0 Å². The molecule has 4 heterocycles. The second kappa shape index (κ2) is 5.61. The molecule has 0 aliphatic heterocycles. The molecule has 0 bridgehead atoms. The van der Waals surface area contributed by atoms with Crippen molar-refractivity contribution < 1.29 is 4.52 Å². The number of thiophene rings is 1. The normalized spacial score (nSPS) is 11.4. The van der Waals surface area contributed by atoms with Crippen LogP contribution in [0.25, 0.3) is 37.6 Å². The molecule has 0 saturated carbocycles. The first-order chi connectivity index (χ1) is 12.3. The molecule has 8 heteroatoms. The zero-order valence-corrected chi connectivity index (χ0v) is 14.7. The van der Waals surface area contributed by atoms with Gasteiger partial charge in [-0.1, -0.05) is 46.8 Å². The maximum Gasteiger partial charge on any atom is 0.235 e. The topological polar surface area (TPSA) is 69.1 Å². The van der Waals surface area contributed by atoms with E-state index in [0.717, 1.165) is 31.8 Å². The van der Waals surface area contributed by atoms with E-state index >= 15 is 0 Å². The Morgan fingerprint density at radius 2 is 1.96 bits per heavy atom. The molecule has 4 aromatic heterocycles. The van der Waals surface area contributed by atoms with E-state index in [2.05, 4.69) is 28.3 Å². The number of fused-ring (bicyclic) bond motifs is 1. The third-order valence-electron chi connectivity index (χ3n) is 3.89. The monoisotopic (exact) mass is 365 g/mol. The number of hydrogen-bond acceptors (Lipinski definition) is 7. The minimum absolute atomic E-state index is 0.708. The summed E-state index contributed by atoms with van der Waals surface area (Å²) in [5, 5.41) is 20.1. The number of nitrogens with zero attached hydrogens (tertiary/aromatic N) is 5. The maximum absolute atomic E-state index is 5.47. The van der Waals surface area contributed by atoms with Gasteiger partial charge in [-0.15, -0.1) is 21.5 Å². The molecule has 0 aliphatic carbocycles. The smallest absolute Gasteiger partial charge is 0.235 e. The molecule has 0 spiro atoms. The lowest BCUT2D eigenvalue weighted by Crippen LogP contribution is -1.90. The van der Waals surface area contributed by atoms with Crippen molar-refractivity contribution in [2.45, 2.75) is 6.92 Å². The summed E-state index contributed by atoms with van der Waals surface area (Å²) in [5.41, 5.74) is 3.00. The summed E-state index contributed by atoms with van der Waals surface area (Å²) in [5.74, 6) is 1.47. The molecule has 0 unspecified atom stereocenters. The van der Waals surface area contributed by atoms with E-state index in [9.17, 15) is 0 Å². The molecule has 0 atom stereocenters. The highest BCUT2D eigenvalue weighted by molar-refractivity contribution is 7.20. The van der Waals surface area contributed by atoms with E-state index < -0.39 is 0 Å². The fourth-order valence-corrected chi connectivity index (χ4v) is 4.40. The van der Waals surface area contributed by atoms with Crippen molar-refractivity contribution in [3.8, 4) is 32.6 Å². The van der Waals surface area contributed by atoms with Crippen molar-refractivity contribution in [3.63, 3.8) is 0 Å². The Hall–Kier alpha value is -2.84. The van der Waals surface area contributed by atoms with E-state index in [1.807, 2.05) is 35.7 Å². The van der Waals surface area contributed by atoms with E-state index in [4.69, 9.17) is 9.62 Å². The lowest BCUT2D eigenvalue weighted by atomic mass is 10.1. The number of aryl methyl sites for hydroxylation is 1. The Morgan fingerprint density at radius 1 is 1.08 bits per heavy atom. The summed E-state index contributed by atoms with van der Waals surface area (Å²) < 4.78 is 7.26. The van der Waals surface area contributed by atoms with Crippen LogP contribution < -0.4 is 0 Å². The molecule has 1 aromatic carbocycles. The number of benzene rings is 1. The van der Waals surface area contributed by atoms with Gasteiger partial charge in [-0.05, 0) is 23.9 Å². The number of aromatic nitrogens is 5. The highest BCUT2D eigenvalue weighted by atomic mass is 32.1. The SMILES string of the molecule is Cc1ccsc1-c1nnc2sc(-c3cnoc3-c3ccccc3)nn12. The number of hydrogen-bond donors (Lipinski definition) is 0. The van der Waals surface area contributed by atoms with Crippen LogP contribution in [0, 0.1) is 6.92 Å². The van der Waals surface area contributed by atoms with Crippen LogP contribution in [0.5, 0.6) is 0 Å². The van der Waals surface area contributed by atoms with Crippen LogP contribution in [-0.2, 0) is 0 Å². The highest BCUT2D eigenvalue weighted by Crippen LogP contribution is 2.36. The summed E-state index contributed by atoms with van der Waals surface area (Å²) in [6.07, 6.45) is 1.70. The first-order valence-corrected chi connectivity index (χ1v) is 9.28. The standard InChI is InChI=1S/C17H11N5OS2/c1-10-7-8-24-14(10)15-19-20-17-22(15)21-16(25-17)12-9-18-23-13(12)11-5-3-2-4-6-11/h2-9H,1H3. The van der Waals surface area contributed by atoms with Gasteiger partial charge in [0, 0.05) is 5.56 Å². The molecule has 0 fully saturated rings. The Bertz CT molecular complexity index is 1170. The van der Waals surface area contributed by atoms with Gasteiger partial charge >= 0.3 is 0 Å². The molecule has 0 saturated heterocycles. The molecule has 0 aliphatic rings. The lowest BCUT2D eigenvalue weighted by Gasteiger charge is -1.97. The Morgan fingerprint density at radius 3 is 2.76 bits per heavy atom. The van der Waals surface area contributed by atoms with Gasteiger partial charge in [0.1, 0.15) is 0 Å². The first-order valence-electron chi connectivity index (χ1n) is 7.58. The van der Waals surface area contributed by atoms with Crippen molar-refractivity contribution in [2.75, 3.05) is 0 Å². The van der Waals surface area contributed by atoms with Crippen LogP contribution in [-0.4, -0.2) is 25.0 Å². The Kier molecular flexibility index (Phi) is 3.25. The van der Waals surface area contributed by atoms with Crippen LogP contribution in [0.15, 0.2) is 52.5 Å². The summed E-state index contributed by atoms with van der Waals surface area (Å²) in [6.45, 7) is 2.06. The molecule has 5 rings (SSSR count). The molecule has 122 valence electrons. The third-order valence-corrected chi connectivity index (χ3v) is 5.84. The lowest BCUT2D eigenvalue weighted by molar-refractivity contribution is 0.432. The van der Waals surface area contributed by atoms with Gasteiger partial charge in [-0.2, -0.15) is 9.61 Å². The van der Waals surface area contributed by atoms with Crippen molar-refractivity contribution in [2.24, 2.45) is 0 Å². The fraction of sp³-hybridized carbons (Fsp3) is 0.0588.